The standard InChI is InChI=1S/C35H39NO7/c1-39-30(23-41-21-25-8-4-3-5-9-25)24-42-29-16-14-27(15-17-29)31-18-19-36(35(37)38)20-33(31)43-22-28-13-12-26-10-6-7-11-32(26)34(28)40-2/h3-17,30-31,33H,18-24H2,1-2H3,(H,37,38)/t30-,31+,33-/m0/s1. The number of hydrogen-bond donors (Lipinski definition) is 1. The second kappa shape index (κ2) is 14.9. The fourth-order valence-electron chi connectivity index (χ4n) is 5.55. The van der Waals surface area contributed by atoms with Gasteiger partial charge >= 0.3 is 6.09 Å². The zero-order valence-corrected chi connectivity index (χ0v) is 24.7. The molecule has 4 aromatic rings. The maximum absolute atomic E-state index is 11.8. The predicted octanol–water partition coefficient (Wildman–Crippen LogP) is 6.51. The number of benzene rings is 4. The molecule has 8 nitrogen and oxygen atoms in total. The minimum atomic E-state index is -0.931. The van der Waals surface area contributed by atoms with Gasteiger partial charge in [0, 0.05) is 30.5 Å². The number of methoxy groups -OCH3 is 2. The quantitative estimate of drug-likeness (QED) is 0.191. The summed E-state index contributed by atoms with van der Waals surface area (Å²) in [5.41, 5.74) is 3.13. The lowest BCUT2D eigenvalue weighted by Crippen LogP contribution is -2.46. The molecule has 8 heteroatoms. The first-order chi connectivity index (χ1) is 21.1. The van der Waals surface area contributed by atoms with Crippen molar-refractivity contribution in [2.24, 2.45) is 0 Å². The monoisotopic (exact) mass is 585 g/mol. The van der Waals surface area contributed by atoms with Crippen molar-refractivity contribution in [1.82, 2.24) is 4.90 Å². The minimum Gasteiger partial charge on any atom is -0.496 e. The molecule has 1 aliphatic rings. The highest BCUT2D eigenvalue weighted by Gasteiger charge is 2.33. The number of nitrogens with zero attached hydrogens (tertiary/aromatic N) is 1. The van der Waals surface area contributed by atoms with Gasteiger partial charge in [0.05, 0.1) is 39.6 Å². The largest absolute Gasteiger partial charge is 0.496 e. The number of likely N-dealkylation sites (tertiary alicyclic amines) is 1. The fourth-order valence-corrected chi connectivity index (χ4v) is 5.55. The molecule has 0 aromatic heterocycles. The number of hydrogen-bond acceptors (Lipinski definition) is 6. The Morgan fingerprint density at radius 1 is 0.907 bits per heavy atom. The molecule has 0 bridgehead atoms. The molecule has 1 aliphatic heterocycles. The third-order valence-corrected chi connectivity index (χ3v) is 7.94. The van der Waals surface area contributed by atoms with Crippen LogP contribution in [0.3, 0.4) is 0 Å². The van der Waals surface area contributed by atoms with Gasteiger partial charge in [-0.15, -0.1) is 0 Å². The van der Waals surface area contributed by atoms with Gasteiger partial charge in [0.2, 0.25) is 0 Å². The molecule has 4 aromatic carbocycles. The SMILES string of the molecule is COc1c(CO[C@H]2CN(C(=O)O)CC[C@@H]2c2ccc(OC[C@H](COCc3ccccc3)OC)cc2)ccc2ccccc12. The van der Waals surface area contributed by atoms with Crippen LogP contribution in [-0.4, -0.2) is 68.8 Å². The predicted molar refractivity (Wildman–Crippen MR) is 165 cm³/mol. The molecular formula is C35H39NO7. The Bertz CT molecular complexity index is 1460. The first-order valence-electron chi connectivity index (χ1n) is 14.6. The molecule has 226 valence electrons. The van der Waals surface area contributed by atoms with Crippen molar-refractivity contribution in [3.63, 3.8) is 0 Å². The van der Waals surface area contributed by atoms with Gasteiger partial charge in [-0.05, 0) is 35.1 Å². The van der Waals surface area contributed by atoms with Crippen LogP contribution < -0.4 is 9.47 Å². The van der Waals surface area contributed by atoms with Crippen LogP contribution in [0.15, 0.2) is 91.0 Å². The molecule has 1 heterocycles. The normalized spacial score (nSPS) is 17.5. The molecule has 0 spiro atoms. The van der Waals surface area contributed by atoms with Gasteiger partial charge in [-0.1, -0.05) is 78.9 Å². The van der Waals surface area contributed by atoms with Gasteiger partial charge in [0.15, 0.2) is 0 Å². The van der Waals surface area contributed by atoms with Crippen molar-refractivity contribution in [2.45, 2.75) is 37.8 Å². The highest BCUT2D eigenvalue weighted by atomic mass is 16.6. The molecule has 0 radical (unpaired) electrons. The van der Waals surface area contributed by atoms with Gasteiger partial charge in [-0.3, -0.25) is 0 Å². The maximum atomic E-state index is 11.8. The summed E-state index contributed by atoms with van der Waals surface area (Å²) in [5.74, 6) is 1.55. The van der Waals surface area contributed by atoms with Crippen molar-refractivity contribution in [2.75, 3.05) is 40.5 Å². The lowest BCUT2D eigenvalue weighted by molar-refractivity contribution is -0.0207. The summed E-state index contributed by atoms with van der Waals surface area (Å²) in [6.07, 6.45) is -0.781. The van der Waals surface area contributed by atoms with E-state index in [2.05, 4.69) is 6.07 Å². The van der Waals surface area contributed by atoms with Crippen LogP contribution in [0, 0.1) is 0 Å². The van der Waals surface area contributed by atoms with Gasteiger partial charge in [-0.2, -0.15) is 0 Å². The molecule has 0 saturated carbocycles. The van der Waals surface area contributed by atoms with E-state index in [4.69, 9.17) is 23.7 Å². The Morgan fingerprint density at radius 2 is 1.67 bits per heavy atom. The van der Waals surface area contributed by atoms with Gasteiger partial charge < -0.3 is 33.7 Å². The summed E-state index contributed by atoms with van der Waals surface area (Å²) in [6.45, 7) is 2.37. The highest BCUT2D eigenvalue weighted by molar-refractivity contribution is 5.89. The first-order valence-corrected chi connectivity index (χ1v) is 14.6. The Labute approximate surface area is 252 Å². The lowest BCUT2D eigenvalue weighted by Gasteiger charge is -2.37. The number of piperidine rings is 1. The zero-order valence-electron chi connectivity index (χ0n) is 24.7. The highest BCUT2D eigenvalue weighted by Crippen LogP contribution is 2.34. The van der Waals surface area contributed by atoms with E-state index < -0.39 is 6.09 Å². The zero-order chi connectivity index (χ0) is 30.0. The molecule has 43 heavy (non-hydrogen) atoms. The van der Waals surface area contributed by atoms with E-state index in [-0.39, 0.29) is 18.1 Å². The average Bonchev–Trinajstić information content (AvgIpc) is 3.05. The summed E-state index contributed by atoms with van der Waals surface area (Å²) in [4.78, 5) is 13.2. The molecule has 1 N–H and O–H groups in total. The number of carbonyl (C=O) groups is 1. The Balaban J connectivity index is 1.21. The molecule has 1 saturated heterocycles. The Hall–Kier alpha value is -4.11. The molecule has 0 unspecified atom stereocenters. The fraction of sp³-hybridized carbons (Fsp3) is 0.343. The van der Waals surface area contributed by atoms with E-state index in [1.54, 1.807) is 14.2 Å². The smallest absolute Gasteiger partial charge is 0.407 e. The third kappa shape index (κ3) is 7.84. The van der Waals surface area contributed by atoms with E-state index in [1.807, 2.05) is 84.9 Å². The van der Waals surface area contributed by atoms with E-state index in [0.717, 1.165) is 39.0 Å². The third-order valence-electron chi connectivity index (χ3n) is 7.94. The van der Waals surface area contributed by atoms with Crippen LogP contribution in [0.4, 0.5) is 4.79 Å². The van der Waals surface area contributed by atoms with Crippen LogP contribution in [-0.2, 0) is 27.4 Å². The number of ether oxygens (including phenoxy) is 5. The topological polar surface area (TPSA) is 86.7 Å². The molecule has 3 atom stereocenters. The van der Waals surface area contributed by atoms with E-state index in [9.17, 15) is 9.90 Å². The van der Waals surface area contributed by atoms with Crippen molar-refractivity contribution in [3.05, 3.63) is 108 Å². The van der Waals surface area contributed by atoms with Crippen LogP contribution in [0.2, 0.25) is 0 Å². The number of fused-ring (bicyclic) bond motifs is 1. The molecule has 5 rings (SSSR count). The second-order valence-corrected chi connectivity index (χ2v) is 10.7. The van der Waals surface area contributed by atoms with E-state index >= 15 is 0 Å². The number of amides is 1. The van der Waals surface area contributed by atoms with Crippen molar-refractivity contribution in [3.8, 4) is 11.5 Å². The van der Waals surface area contributed by atoms with Gasteiger partial charge in [0.1, 0.15) is 24.2 Å². The number of carboxylic acid groups (broad SMARTS) is 1. The van der Waals surface area contributed by atoms with Crippen molar-refractivity contribution >= 4 is 16.9 Å². The molecule has 1 amide bonds. The minimum absolute atomic E-state index is 0.0363. The van der Waals surface area contributed by atoms with Gasteiger partial charge in [-0.25, -0.2) is 4.79 Å². The van der Waals surface area contributed by atoms with E-state index in [0.29, 0.717) is 45.9 Å². The van der Waals surface area contributed by atoms with Crippen LogP contribution in [0.25, 0.3) is 10.8 Å². The van der Waals surface area contributed by atoms with Crippen LogP contribution >= 0.6 is 0 Å². The van der Waals surface area contributed by atoms with E-state index in [1.165, 1.54) is 4.90 Å². The van der Waals surface area contributed by atoms with Crippen molar-refractivity contribution in [1.29, 1.82) is 0 Å². The first kappa shape index (κ1) is 30.4. The summed E-state index contributed by atoms with van der Waals surface area (Å²) < 4.78 is 29.6. The van der Waals surface area contributed by atoms with Crippen molar-refractivity contribution < 1.29 is 33.6 Å². The Kier molecular flexibility index (Phi) is 10.5. The second-order valence-electron chi connectivity index (χ2n) is 10.7. The summed E-state index contributed by atoms with van der Waals surface area (Å²) >= 11 is 0. The molecular weight excluding hydrogens is 546 g/mol. The summed E-state index contributed by atoms with van der Waals surface area (Å²) in [6, 6.07) is 30.1. The Morgan fingerprint density at radius 3 is 2.42 bits per heavy atom. The molecule has 1 fully saturated rings. The summed E-state index contributed by atoms with van der Waals surface area (Å²) in [7, 11) is 3.32. The molecule has 0 aliphatic carbocycles. The van der Waals surface area contributed by atoms with Gasteiger partial charge in [0.25, 0.3) is 0 Å². The average molecular weight is 586 g/mol. The summed E-state index contributed by atoms with van der Waals surface area (Å²) in [5, 5.41) is 11.8. The lowest BCUT2D eigenvalue weighted by atomic mass is 9.87. The van der Waals surface area contributed by atoms with Crippen LogP contribution in [0.5, 0.6) is 11.5 Å². The number of rotatable bonds is 13. The maximum Gasteiger partial charge on any atom is 0.407 e. The van der Waals surface area contributed by atoms with Crippen LogP contribution in [0.1, 0.15) is 29.0 Å².